The van der Waals surface area contributed by atoms with Crippen molar-refractivity contribution in [1.82, 2.24) is 0 Å². The van der Waals surface area contributed by atoms with Gasteiger partial charge in [-0.05, 0) is 24.3 Å². The summed E-state index contributed by atoms with van der Waals surface area (Å²) in [6.07, 6.45) is 0. The van der Waals surface area contributed by atoms with Gasteiger partial charge in [-0.2, -0.15) is 0 Å². The molecule has 0 spiro atoms. The van der Waals surface area contributed by atoms with Gasteiger partial charge in [-0.3, -0.25) is 0 Å². The summed E-state index contributed by atoms with van der Waals surface area (Å²) in [7, 11) is 1.50. The molecule has 0 bridgehead atoms. The second-order valence-corrected chi connectivity index (χ2v) is 6.01. The van der Waals surface area contributed by atoms with Gasteiger partial charge >= 0.3 is 17.2 Å². The van der Waals surface area contributed by atoms with Crippen LogP contribution in [0.5, 0.6) is 5.75 Å². The van der Waals surface area contributed by atoms with Gasteiger partial charge in [-0.25, -0.2) is 14.4 Å². The van der Waals surface area contributed by atoms with Crippen LogP contribution in [-0.2, 0) is 11.3 Å². The minimum atomic E-state index is -0.839. The van der Waals surface area contributed by atoms with Crippen LogP contribution in [-0.4, -0.2) is 13.1 Å². The predicted molar refractivity (Wildman–Crippen MR) is 101 cm³/mol. The standard InChI is InChI=1S/C21H14O7/c1-25-14-6-7-15-13(9-19(22)27-18(15)10-14)11-26-20(23)16-8-12-4-2-3-5-17(12)28-21(16)24/h2-10H,11H2,1H3. The van der Waals surface area contributed by atoms with Crippen molar-refractivity contribution in [2.75, 3.05) is 7.11 Å². The van der Waals surface area contributed by atoms with Crippen LogP contribution in [0.1, 0.15) is 15.9 Å². The van der Waals surface area contributed by atoms with Gasteiger partial charge in [-0.15, -0.1) is 0 Å². The molecular formula is C21H14O7. The highest BCUT2D eigenvalue weighted by atomic mass is 16.5. The zero-order valence-electron chi connectivity index (χ0n) is 14.8. The Morgan fingerprint density at radius 3 is 2.61 bits per heavy atom. The van der Waals surface area contributed by atoms with Crippen LogP contribution >= 0.6 is 0 Å². The first kappa shape index (κ1) is 17.5. The van der Waals surface area contributed by atoms with E-state index in [-0.39, 0.29) is 12.2 Å². The molecule has 0 N–H and O–H groups in total. The fourth-order valence-corrected chi connectivity index (χ4v) is 2.88. The highest BCUT2D eigenvalue weighted by molar-refractivity contribution is 5.93. The van der Waals surface area contributed by atoms with Crippen molar-refractivity contribution in [2.45, 2.75) is 6.61 Å². The number of para-hydroxylation sites is 1. The number of methoxy groups -OCH3 is 1. The predicted octanol–water partition coefficient (Wildman–Crippen LogP) is 3.27. The zero-order chi connectivity index (χ0) is 19.7. The summed E-state index contributed by atoms with van der Waals surface area (Å²) in [6.45, 7) is -0.209. The Labute approximate surface area is 157 Å². The van der Waals surface area contributed by atoms with Gasteiger partial charge < -0.3 is 18.3 Å². The second-order valence-electron chi connectivity index (χ2n) is 6.01. The third kappa shape index (κ3) is 3.25. The van der Waals surface area contributed by atoms with E-state index >= 15 is 0 Å². The Balaban J connectivity index is 1.64. The number of fused-ring (bicyclic) bond motifs is 2. The Kier molecular flexibility index (Phi) is 4.41. The molecule has 4 aromatic rings. The molecule has 4 rings (SSSR count). The summed E-state index contributed by atoms with van der Waals surface area (Å²) < 4.78 is 20.7. The van der Waals surface area contributed by atoms with E-state index in [1.54, 1.807) is 42.5 Å². The number of rotatable bonds is 4. The van der Waals surface area contributed by atoms with E-state index < -0.39 is 17.2 Å². The first-order valence-electron chi connectivity index (χ1n) is 8.36. The van der Waals surface area contributed by atoms with Crippen LogP contribution in [0, 0.1) is 0 Å². The number of carbonyl (C=O) groups excluding carboxylic acids is 1. The van der Waals surface area contributed by atoms with Gasteiger partial charge in [0.25, 0.3) is 0 Å². The van der Waals surface area contributed by atoms with Gasteiger partial charge in [0.15, 0.2) is 0 Å². The molecule has 0 amide bonds. The van der Waals surface area contributed by atoms with Crippen molar-refractivity contribution in [3.05, 3.63) is 86.6 Å². The minimum Gasteiger partial charge on any atom is -0.497 e. The monoisotopic (exact) mass is 378 g/mol. The number of hydrogen-bond donors (Lipinski definition) is 0. The van der Waals surface area contributed by atoms with E-state index in [0.29, 0.717) is 33.3 Å². The van der Waals surface area contributed by atoms with E-state index in [1.807, 2.05) is 0 Å². The smallest absolute Gasteiger partial charge is 0.351 e. The van der Waals surface area contributed by atoms with Crippen LogP contribution < -0.4 is 16.0 Å². The molecule has 7 nitrogen and oxygen atoms in total. The van der Waals surface area contributed by atoms with Crippen LogP contribution in [0.15, 0.2) is 73.0 Å². The number of hydrogen-bond acceptors (Lipinski definition) is 7. The quantitative estimate of drug-likeness (QED) is 0.397. The van der Waals surface area contributed by atoms with E-state index in [2.05, 4.69) is 0 Å². The summed E-state index contributed by atoms with van der Waals surface area (Å²) in [5.41, 5.74) is -0.448. The molecule has 140 valence electrons. The van der Waals surface area contributed by atoms with Crippen LogP contribution in [0.4, 0.5) is 0 Å². The SMILES string of the molecule is COc1ccc2c(COC(=O)c3cc4ccccc4oc3=O)cc(=O)oc2c1. The normalized spacial score (nSPS) is 10.9. The fraction of sp³-hybridized carbons (Fsp3) is 0.0952. The molecule has 2 heterocycles. The highest BCUT2D eigenvalue weighted by Crippen LogP contribution is 2.23. The molecule has 28 heavy (non-hydrogen) atoms. The van der Waals surface area contributed by atoms with Gasteiger partial charge in [0, 0.05) is 28.5 Å². The summed E-state index contributed by atoms with van der Waals surface area (Å²) >= 11 is 0. The zero-order valence-corrected chi connectivity index (χ0v) is 14.8. The molecular weight excluding hydrogens is 364 g/mol. The number of benzene rings is 2. The second kappa shape index (κ2) is 7.03. The average molecular weight is 378 g/mol. The van der Waals surface area contributed by atoms with Gasteiger partial charge in [0.05, 0.1) is 7.11 Å². The summed E-state index contributed by atoms with van der Waals surface area (Å²) in [4.78, 5) is 36.3. The molecule has 0 aliphatic carbocycles. The van der Waals surface area contributed by atoms with E-state index in [4.69, 9.17) is 18.3 Å². The van der Waals surface area contributed by atoms with Crippen molar-refractivity contribution >= 4 is 27.9 Å². The molecule has 7 heteroatoms. The number of carbonyl (C=O) groups is 1. The Morgan fingerprint density at radius 1 is 0.964 bits per heavy atom. The van der Waals surface area contributed by atoms with E-state index in [0.717, 1.165) is 0 Å². The van der Waals surface area contributed by atoms with Gasteiger partial charge in [-0.1, -0.05) is 18.2 Å². The lowest BCUT2D eigenvalue weighted by atomic mass is 10.1. The summed E-state index contributed by atoms with van der Waals surface area (Å²) in [6, 6.07) is 14.5. The third-order valence-corrected chi connectivity index (χ3v) is 4.26. The molecule has 0 unspecified atom stereocenters. The van der Waals surface area contributed by atoms with Gasteiger partial charge in [0.2, 0.25) is 0 Å². The Bertz CT molecular complexity index is 1310. The molecule has 0 saturated heterocycles. The van der Waals surface area contributed by atoms with Crippen molar-refractivity contribution < 1.29 is 23.1 Å². The molecule has 0 saturated carbocycles. The minimum absolute atomic E-state index is 0.209. The van der Waals surface area contributed by atoms with E-state index in [9.17, 15) is 14.4 Å². The summed E-state index contributed by atoms with van der Waals surface area (Å²) in [5.74, 6) is -0.312. The highest BCUT2D eigenvalue weighted by Gasteiger charge is 2.16. The molecule has 0 aliphatic heterocycles. The maximum absolute atomic E-state index is 12.4. The van der Waals surface area contributed by atoms with Crippen molar-refractivity contribution in [3.8, 4) is 5.75 Å². The van der Waals surface area contributed by atoms with E-state index in [1.165, 1.54) is 19.2 Å². The van der Waals surface area contributed by atoms with Crippen LogP contribution in [0.25, 0.3) is 21.9 Å². The lowest BCUT2D eigenvalue weighted by Crippen LogP contribution is -2.16. The fourth-order valence-electron chi connectivity index (χ4n) is 2.88. The lowest BCUT2D eigenvalue weighted by Gasteiger charge is -2.08. The molecule has 0 radical (unpaired) electrons. The Hall–Kier alpha value is -3.87. The summed E-state index contributed by atoms with van der Waals surface area (Å²) in [5, 5.41) is 1.20. The van der Waals surface area contributed by atoms with Crippen molar-refractivity contribution in [1.29, 1.82) is 0 Å². The maximum atomic E-state index is 12.4. The molecule has 2 aromatic carbocycles. The first-order valence-corrected chi connectivity index (χ1v) is 8.36. The average Bonchev–Trinajstić information content (AvgIpc) is 2.70. The number of ether oxygens (including phenoxy) is 2. The van der Waals surface area contributed by atoms with Crippen LogP contribution in [0.3, 0.4) is 0 Å². The molecule has 0 atom stereocenters. The topological polar surface area (TPSA) is 96.0 Å². The number of esters is 1. The third-order valence-electron chi connectivity index (χ3n) is 4.26. The van der Waals surface area contributed by atoms with Crippen LogP contribution in [0.2, 0.25) is 0 Å². The largest absolute Gasteiger partial charge is 0.497 e. The maximum Gasteiger partial charge on any atom is 0.351 e. The lowest BCUT2D eigenvalue weighted by molar-refractivity contribution is 0.0469. The molecule has 0 fully saturated rings. The first-order chi connectivity index (χ1) is 13.5. The molecule has 2 aromatic heterocycles. The molecule has 0 aliphatic rings. The van der Waals surface area contributed by atoms with Crippen molar-refractivity contribution in [3.63, 3.8) is 0 Å². The van der Waals surface area contributed by atoms with Gasteiger partial charge in [0.1, 0.15) is 29.1 Å². The van der Waals surface area contributed by atoms with Crippen molar-refractivity contribution in [2.24, 2.45) is 0 Å². The Morgan fingerprint density at radius 2 is 1.79 bits per heavy atom.